The number of nitrogens with zero attached hydrogens (tertiary/aromatic N) is 4. The first kappa shape index (κ1) is 20.8. The van der Waals surface area contributed by atoms with Crippen LogP contribution in [-0.2, 0) is 9.59 Å². The summed E-state index contributed by atoms with van der Waals surface area (Å²) in [6.07, 6.45) is 12.1. The predicted molar refractivity (Wildman–Crippen MR) is 116 cm³/mol. The van der Waals surface area contributed by atoms with Crippen LogP contribution >= 0.6 is 11.3 Å². The van der Waals surface area contributed by atoms with Crippen LogP contribution < -0.4 is 4.90 Å². The summed E-state index contributed by atoms with van der Waals surface area (Å²) in [7, 11) is 0. The van der Waals surface area contributed by atoms with Crippen molar-refractivity contribution in [3.05, 3.63) is 11.6 Å². The maximum atomic E-state index is 13.5. The second-order valence-corrected chi connectivity index (χ2v) is 9.71. The number of aromatic nitrogens is 1. The third-order valence-corrected chi connectivity index (χ3v) is 7.81. The number of piperazine rings is 1. The van der Waals surface area contributed by atoms with Gasteiger partial charge in [0.15, 0.2) is 5.13 Å². The van der Waals surface area contributed by atoms with E-state index in [2.05, 4.69) is 9.88 Å². The van der Waals surface area contributed by atoms with Crippen molar-refractivity contribution in [1.82, 2.24) is 14.8 Å². The zero-order chi connectivity index (χ0) is 20.2. The topological polar surface area (TPSA) is 56.8 Å². The van der Waals surface area contributed by atoms with Gasteiger partial charge < -0.3 is 4.90 Å². The lowest BCUT2D eigenvalue weighted by molar-refractivity contribution is -0.137. The van der Waals surface area contributed by atoms with Gasteiger partial charge in [0.25, 0.3) is 0 Å². The average molecular weight is 419 g/mol. The van der Waals surface area contributed by atoms with E-state index in [9.17, 15) is 9.59 Å². The molecule has 0 radical (unpaired) electrons. The molecule has 1 saturated heterocycles. The van der Waals surface area contributed by atoms with Gasteiger partial charge in [0.2, 0.25) is 11.8 Å². The largest absolute Gasteiger partial charge is 0.340 e. The van der Waals surface area contributed by atoms with Crippen molar-refractivity contribution in [2.75, 3.05) is 31.1 Å². The molecular weight excluding hydrogens is 384 g/mol. The Kier molecular flexibility index (Phi) is 6.85. The molecule has 4 rings (SSSR count). The molecule has 3 aliphatic rings. The Bertz CT molecular complexity index is 675. The molecule has 1 unspecified atom stereocenters. The molecule has 1 aromatic heterocycles. The van der Waals surface area contributed by atoms with E-state index < -0.39 is 0 Å². The molecule has 160 valence electrons. The van der Waals surface area contributed by atoms with Crippen LogP contribution in [0.15, 0.2) is 11.6 Å². The minimum atomic E-state index is -0.176. The summed E-state index contributed by atoms with van der Waals surface area (Å²) in [6.45, 7) is 5.07. The predicted octanol–water partition coefficient (Wildman–Crippen LogP) is 3.53. The van der Waals surface area contributed by atoms with Crippen molar-refractivity contribution >= 4 is 28.3 Å². The number of carbonyl (C=O) groups excluding carboxylic acids is 2. The van der Waals surface area contributed by atoms with Crippen LogP contribution in [0.3, 0.4) is 0 Å². The number of amides is 2. The highest BCUT2D eigenvalue weighted by atomic mass is 32.1. The van der Waals surface area contributed by atoms with E-state index in [1.54, 1.807) is 17.5 Å². The van der Waals surface area contributed by atoms with Crippen molar-refractivity contribution in [1.29, 1.82) is 0 Å². The van der Waals surface area contributed by atoms with Gasteiger partial charge in [-0.25, -0.2) is 4.98 Å². The maximum Gasteiger partial charge on any atom is 0.246 e. The normalized spacial score (nSPS) is 23.3. The van der Waals surface area contributed by atoms with Gasteiger partial charge in [-0.1, -0.05) is 32.1 Å². The Morgan fingerprint density at radius 2 is 1.69 bits per heavy atom. The fraction of sp³-hybridized carbons (Fsp3) is 0.773. The first-order valence-corrected chi connectivity index (χ1v) is 12.3. The third-order valence-electron chi connectivity index (χ3n) is 7.04. The Morgan fingerprint density at radius 3 is 2.31 bits per heavy atom. The number of anilines is 1. The van der Waals surface area contributed by atoms with Gasteiger partial charge >= 0.3 is 0 Å². The quantitative estimate of drug-likeness (QED) is 0.734. The van der Waals surface area contributed by atoms with Gasteiger partial charge in [0.1, 0.15) is 0 Å². The van der Waals surface area contributed by atoms with E-state index >= 15 is 0 Å². The molecule has 6 nitrogen and oxygen atoms in total. The molecule has 1 aliphatic heterocycles. The first-order chi connectivity index (χ1) is 14.1. The van der Waals surface area contributed by atoms with Crippen molar-refractivity contribution in [2.45, 2.75) is 76.8 Å². The molecule has 7 heteroatoms. The van der Waals surface area contributed by atoms with Crippen molar-refractivity contribution in [3.8, 4) is 0 Å². The second-order valence-electron chi connectivity index (χ2n) is 8.83. The summed E-state index contributed by atoms with van der Waals surface area (Å²) < 4.78 is 0. The highest BCUT2D eigenvalue weighted by Gasteiger charge is 2.36. The molecule has 0 spiro atoms. The van der Waals surface area contributed by atoms with Crippen LogP contribution in [0, 0.1) is 5.92 Å². The minimum Gasteiger partial charge on any atom is -0.340 e. The van der Waals surface area contributed by atoms with Crippen molar-refractivity contribution < 1.29 is 9.59 Å². The lowest BCUT2D eigenvalue weighted by atomic mass is 9.94. The van der Waals surface area contributed by atoms with Crippen molar-refractivity contribution in [2.24, 2.45) is 5.92 Å². The molecule has 3 fully saturated rings. The second kappa shape index (κ2) is 9.56. The number of hydrogen-bond acceptors (Lipinski definition) is 5. The molecule has 0 bridgehead atoms. The van der Waals surface area contributed by atoms with Gasteiger partial charge in [0.05, 0.1) is 6.04 Å². The van der Waals surface area contributed by atoms with Crippen LogP contribution in [0.1, 0.15) is 64.7 Å². The number of thiazole rings is 1. The number of rotatable bonds is 5. The fourth-order valence-electron chi connectivity index (χ4n) is 5.22. The average Bonchev–Trinajstić information content (AvgIpc) is 3.48. The van der Waals surface area contributed by atoms with Gasteiger partial charge in [-0.15, -0.1) is 11.3 Å². The zero-order valence-corrected chi connectivity index (χ0v) is 18.4. The zero-order valence-electron chi connectivity index (χ0n) is 17.6. The molecule has 2 amide bonds. The molecule has 2 saturated carbocycles. The Hall–Kier alpha value is -1.47. The summed E-state index contributed by atoms with van der Waals surface area (Å²) in [4.78, 5) is 37.0. The highest BCUT2D eigenvalue weighted by Crippen LogP contribution is 2.30. The smallest absolute Gasteiger partial charge is 0.246 e. The van der Waals surface area contributed by atoms with E-state index in [4.69, 9.17) is 0 Å². The monoisotopic (exact) mass is 418 g/mol. The molecule has 0 N–H and O–H groups in total. The summed E-state index contributed by atoms with van der Waals surface area (Å²) in [5.74, 6) is 0.752. The van der Waals surface area contributed by atoms with Crippen LogP contribution in [0.5, 0.6) is 0 Å². The Balaban J connectivity index is 1.38. The molecule has 2 heterocycles. The van der Waals surface area contributed by atoms with E-state index in [1.807, 2.05) is 22.1 Å². The molecule has 1 atom stereocenters. The van der Waals surface area contributed by atoms with Gasteiger partial charge in [-0.2, -0.15) is 0 Å². The van der Waals surface area contributed by atoms with Gasteiger partial charge in [0, 0.05) is 49.7 Å². The van der Waals surface area contributed by atoms with E-state index in [1.165, 1.54) is 32.1 Å². The third kappa shape index (κ3) is 4.66. The molecule has 1 aromatic rings. The lowest BCUT2D eigenvalue weighted by Gasteiger charge is -2.41. The molecule has 0 aromatic carbocycles. The summed E-state index contributed by atoms with van der Waals surface area (Å²) in [5, 5.41) is 2.79. The van der Waals surface area contributed by atoms with Crippen LogP contribution in [0.2, 0.25) is 0 Å². The van der Waals surface area contributed by atoms with Crippen LogP contribution in [0.25, 0.3) is 0 Å². The highest BCUT2D eigenvalue weighted by molar-refractivity contribution is 7.13. The SMILES string of the molecule is CC(C(=O)N(c1nccs1)C1CCCCC1)N1CCN(C(=O)C2CCCC2)CC1. The summed E-state index contributed by atoms with van der Waals surface area (Å²) in [5.41, 5.74) is 0. The molecule has 2 aliphatic carbocycles. The summed E-state index contributed by atoms with van der Waals surface area (Å²) in [6, 6.07) is 0.0969. The van der Waals surface area contributed by atoms with E-state index in [0.29, 0.717) is 5.91 Å². The van der Waals surface area contributed by atoms with E-state index in [0.717, 1.165) is 57.0 Å². The summed E-state index contributed by atoms with van der Waals surface area (Å²) >= 11 is 1.56. The minimum absolute atomic E-state index is 0.169. The number of carbonyl (C=O) groups is 2. The van der Waals surface area contributed by atoms with Crippen LogP contribution in [0.4, 0.5) is 5.13 Å². The fourth-order valence-corrected chi connectivity index (χ4v) is 5.94. The van der Waals surface area contributed by atoms with Crippen LogP contribution in [-0.4, -0.2) is 64.9 Å². The Labute approximate surface area is 178 Å². The number of hydrogen-bond donors (Lipinski definition) is 0. The molecular formula is C22H34N4O2S. The van der Waals surface area contributed by atoms with E-state index in [-0.39, 0.29) is 23.9 Å². The van der Waals surface area contributed by atoms with Crippen molar-refractivity contribution in [3.63, 3.8) is 0 Å². The van der Waals surface area contributed by atoms with Gasteiger partial charge in [-0.3, -0.25) is 19.4 Å². The molecule has 29 heavy (non-hydrogen) atoms. The Morgan fingerprint density at radius 1 is 1.03 bits per heavy atom. The van der Waals surface area contributed by atoms with Gasteiger partial charge in [-0.05, 0) is 32.6 Å². The standard InChI is InChI=1S/C22H34N4O2S/c1-17(24-12-14-25(15-13-24)21(28)18-7-5-6-8-18)20(27)26(22-23-11-16-29-22)19-9-3-2-4-10-19/h11,16-19H,2-10,12-15H2,1H3. The maximum absolute atomic E-state index is 13.5. The first-order valence-electron chi connectivity index (χ1n) is 11.4. The lowest BCUT2D eigenvalue weighted by Crippen LogP contribution is -2.57.